The summed E-state index contributed by atoms with van der Waals surface area (Å²) in [4.78, 5) is 3.94. The zero-order chi connectivity index (χ0) is 22.1. The van der Waals surface area contributed by atoms with Crippen LogP contribution in [0.3, 0.4) is 0 Å². The van der Waals surface area contributed by atoms with Crippen LogP contribution in [0, 0.1) is 25.8 Å². The van der Waals surface area contributed by atoms with Gasteiger partial charge in [-0.2, -0.15) is 4.57 Å². The van der Waals surface area contributed by atoms with E-state index < -0.39 is 0 Å². The lowest BCUT2D eigenvalue weighted by atomic mass is 9.85. The maximum atomic E-state index is 7.96. The van der Waals surface area contributed by atoms with Gasteiger partial charge in [-0.1, -0.05) is 51.1 Å². The summed E-state index contributed by atoms with van der Waals surface area (Å²) in [7, 11) is 2.07. The van der Waals surface area contributed by atoms with Gasteiger partial charge in [-0.15, -0.1) is 0 Å². The van der Waals surface area contributed by atoms with Crippen molar-refractivity contribution in [2.24, 2.45) is 12.5 Å². The first-order valence-corrected chi connectivity index (χ1v) is 10.8. The molecule has 3 nitrogen and oxygen atoms in total. The molecule has 154 valence electrons. The van der Waals surface area contributed by atoms with Crippen LogP contribution in [0.5, 0.6) is 11.5 Å². The van der Waals surface area contributed by atoms with Crippen molar-refractivity contribution < 1.29 is 9.30 Å². The van der Waals surface area contributed by atoms with Gasteiger partial charge in [0.2, 0.25) is 22.6 Å². The van der Waals surface area contributed by atoms with Gasteiger partial charge in [0.25, 0.3) is 0 Å². The quantitative estimate of drug-likeness (QED) is 0.210. The molecule has 1 aliphatic rings. The van der Waals surface area contributed by atoms with E-state index in [0.717, 1.165) is 34.2 Å². The first-order chi connectivity index (χ1) is 14.7. The Labute approximate surface area is 183 Å². The molecule has 0 radical (unpaired) electrons. The SMILES string of the molecule is [C-]#[N+]c1c2c([n+](C)c3ccccc13)-c1c(C)c(C)cc3cc(CC(C)(C)C)cc(c13)O2. The van der Waals surface area contributed by atoms with E-state index in [1.165, 1.54) is 27.6 Å². The zero-order valence-electron chi connectivity index (χ0n) is 19.1. The van der Waals surface area contributed by atoms with Crippen molar-refractivity contribution in [3.05, 3.63) is 70.6 Å². The summed E-state index contributed by atoms with van der Waals surface area (Å²) in [5.74, 6) is 1.54. The minimum atomic E-state index is 0.180. The maximum absolute atomic E-state index is 7.96. The summed E-state index contributed by atoms with van der Waals surface area (Å²) in [6.07, 6.45) is 0.968. The van der Waals surface area contributed by atoms with Crippen LogP contribution < -0.4 is 9.30 Å². The van der Waals surface area contributed by atoms with Crippen molar-refractivity contribution in [2.45, 2.75) is 41.0 Å². The molecule has 1 aliphatic heterocycles. The highest BCUT2D eigenvalue weighted by Gasteiger charge is 2.35. The van der Waals surface area contributed by atoms with Gasteiger partial charge >= 0.3 is 0 Å². The third-order valence-electron chi connectivity index (χ3n) is 6.36. The minimum absolute atomic E-state index is 0.180. The second-order valence-corrected chi connectivity index (χ2v) is 9.94. The van der Waals surface area contributed by atoms with Crippen LogP contribution in [-0.4, -0.2) is 0 Å². The molecular formula is C28H27N2O+. The average molecular weight is 408 g/mol. The third-order valence-corrected chi connectivity index (χ3v) is 6.36. The molecular weight excluding hydrogens is 380 g/mol. The topological polar surface area (TPSA) is 17.5 Å². The van der Waals surface area contributed by atoms with Crippen LogP contribution in [0.15, 0.2) is 42.5 Å². The van der Waals surface area contributed by atoms with Gasteiger partial charge in [-0.05, 0) is 53.8 Å². The van der Waals surface area contributed by atoms with Crippen molar-refractivity contribution in [2.75, 3.05) is 0 Å². The Hall–Kier alpha value is -3.38. The molecule has 0 spiro atoms. The number of aryl methyl sites for hydroxylation is 2. The van der Waals surface area contributed by atoms with Gasteiger partial charge in [0.15, 0.2) is 0 Å². The maximum Gasteiger partial charge on any atom is 0.249 e. The van der Waals surface area contributed by atoms with Crippen LogP contribution in [0.2, 0.25) is 0 Å². The number of hydrogen-bond donors (Lipinski definition) is 0. The number of nitrogens with zero attached hydrogens (tertiary/aromatic N) is 2. The van der Waals surface area contributed by atoms with E-state index in [2.05, 4.69) is 75.3 Å². The van der Waals surface area contributed by atoms with E-state index >= 15 is 0 Å². The van der Waals surface area contributed by atoms with Crippen LogP contribution in [-0.2, 0) is 13.5 Å². The van der Waals surface area contributed by atoms with Crippen molar-refractivity contribution in [1.82, 2.24) is 0 Å². The van der Waals surface area contributed by atoms with E-state index in [4.69, 9.17) is 11.3 Å². The highest BCUT2D eigenvalue weighted by molar-refractivity contribution is 6.08. The number of aromatic nitrogens is 1. The summed E-state index contributed by atoms with van der Waals surface area (Å²) < 4.78 is 8.76. The monoisotopic (exact) mass is 407 g/mol. The highest BCUT2D eigenvalue weighted by atomic mass is 16.5. The van der Waals surface area contributed by atoms with Crippen LogP contribution in [0.25, 0.3) is 37.8 Å². The van der Waals surface area contributed by atoms with E-state index in [1.54, 1.807) is 0 Å². The standard InChI is InChI=1S/C28H27N2O/c1-16-12-19-13-18(15-28(3,4)5)14-22-24(19)23(17(16)2)26-27(31-22)25(29-6)20-10-8-9-11-21(20)30(26)7/h8-14H,15H2,1-5,7H3/q+1. The predicted octanol–water partition coefficient (Wildman–Crippen LogP) is 7.35. The molecule has 5 rings (SSSR count). The lowest BCUT2D eigenvalue weighted by Crippen LogP contribution is -2.33. The third kappa shape index (κ3) is 2.90. The Morgan fingerprint density at radius 3 is 2.52 bits per heavy atom. The second-order valence-electron chi connectivity index (χ2n) is 9.94. The average Bonchev–Trinajstić information content (AvgIpc) is 2.70. The van der Waals surface area contributed by atoms with Gasteiger partial charge < -0.3 is 4.74 Å². The molecule has 0 N–H and O–H groups in total. The molecule has 31 heavy (non-hydrogen) atoms. The van der Waals surface area contributed by atoms with Crippen LogP contribution in [0.4, 0.5) is 5.69 Å². The summed E-state index contributed by atoms with van der Waals surface area (Å²) in [5.41, 5.74) is 7.75. The number of ether oxygens (including phenoxy) is 1. The smallest absolute Gasteiger partial charge is 0.249 e. The molecule has 2 heterocycles. The molecule has 0 atom stereocenters. The number of pyridine rings is 1. The fourth-order valence-corrected chi connectivity index (χ4v) is 4.97. The van der Waals surface area contributed by atoms with E-state index in [9.17, 15) is 0 Å². The summed E-state index contributed by atoms with van der Waals surface area (Å²) in [5, 5.41) is 3.28. The molecule has 3 heteroatoms. The van der Waals surface area contributed by atoms with Gasteiger partial charge in [0, 0.05) is 11.5 Å². The Bertz CT molecular complexity index is 1450. The summed E-state index contributed by atoms with van der Waals surface area (Å²) in [6.45, 7) is 19.1. The Morgan fingerprint density at radius 1 is 1.06 bits per heavy atom. The summed E-state index contributed by atoms with van der Waals surface area (Å²) >= 11 is 0. The fraction of sp³-hybridized carbons (Fsp3) is 0.286. The van der Waals surface area contributed by atoms with E-state index in [1.807, 2.05) is 18.2 Å². The Morgan fingerprint density at radius 2 is 1.81 bits per heavy atom. The second kappa shape index (κ2) is 6.56. The molecule has 0 fully saturated rings. The summed E-state index contributed by atoms with van der Waals surface area (Å²) in [6, 6.07) is 14.9. The number of rotatable bonds is 1. The number of benzene rings is 3. The van der Waals surface area contributed by atoms with E-state index in [0.29, 0.717) is 11.4 Å². The number of hydrogen-bond acceptors (Lipinski definition) is 1. The molecule has 4 aromatic rings. The molecule has 0 unspecified atom stereocenters. The van der Waals surface area contributed by atoms with E-state index in [-0.39, 0.29) is 5.41 Å². The van der Waals surface area contributed by atoms with Crippen LogP contribution >= 0.6 is 0 Å². The minimum Gasteiger partial charge on any atom is -0.461 e. The van der Waals surface area contributed by atoms with Gasteiger partial charge in [-0.25, -0.2) is 4.85 Å². The number of fused-ring (bicyclic) bond motifs is 3. The Kier molecular flexibility index (Phi) is 4.14. The lowest BCUT2D eigenvalue weighted by molar-refractivity contribution is -0.633. The first-order valence-electron chi connectivity index (χ1n) is 10.8. The predicted molar refractivity (Wildman–Crippen MR) is 127 cm³/mol. The van der Waals surface area contributed by atoms with Crippen molar-refractivity contribution in [3.63, 3.8) is 0 Å². The molecule has 0 bridgehead atoms. The first kappa shape index (κ1) is 19.6. The lowest BCUT2D eigenvalue weighted by Gasteiger charge is -2.25. The molecule has 0 saturated heterocycles. The highest BCUT2D eigenvalue weighted by Crippen LogP contribution is 2.52. The largest absolute Gasteiger partial charge is 0.461 e. The molecule has 0 amide bonds. The normalized spacial score (nSPS) is 12.5. The van der Waals surface area contributed by atoms with Crippen molar-refractivity contribution >= 4 is 27.4 Å². The molecule has 0 saturated carbocycles. The zero-order valence-corrected chi connectivity index (χ0v) is 19.1. The van der Waals surface area contributed by atoms with Gasteiger partial charge in [0.05, 0.1) is 17.5 Å². The Balaban J connectivity index is 1.95. The van der Waals surface area contributed by atoms with Gasteiger partial charge in [-0.3, -0.25) is 0 Å². The fourth-order valence-electron chi connectivity index (χ4n) is 4.97. The van der Waals surface area contributed by atoms with Crippen LogP contribution in [0.1, 0.15) is 37.5 Å². The van der Waals surface area contributed by atoms with Crippen molar-refractivity contribution in [3.8, 4) is 22.8 Å². The van der Waals surface area contributed by atoms with Gasteiger partial charge in [0.1, 0.15) is 12.8 Å². The molecule has 1 aromatic heterocycles. The molecule has 3 aromatic carbocycles. The molecule has 0 aliphatic carbocycles. The number of para-hydroxylation sites is 1. The van der Waals surface area contributed by atoms with Crippen molar-refractivity contribution in [1.29, 1.82) is 0 Å².